The fourth-order valence-corrected chi connectivity index (χ4v) is 2.21. The molecule has 1 amide bonds. The van der Waals surface area contributed by atoms with Crippen LogP contribution in [0.25, 0.3) is 0 Å². The first-order chi connectivity index (χ1) is 10.6. The van der Waals surface area contributed by atoms with Gasteiger partial charge in [0.1, 0.15) is 6.07 Å². The van der Waals surface area contributed by atoms with Crippen LogP contribution in [0.5, 0.6) is 0 Å². The van der Waals surface area contributed by atoms with Crippen molar-refractivity contribution in [2.45, 2.75) is 6.42 Å². The van der Waals surface area contributed by atoms with Gasteiger partial charge >= 0.3 is 0 Å². The van der Waals surface area contributed by atoms with E-state index in [1.54, 1.807) is 18.2 Å². The van der Waals surface area contributed by atoms with Crippen LogP contribution < -0.4 is 10.2 Å². The quantitative estimate of drug-likeness (QED) is 0.916. The molecule has 0 aliphatic carbocycles. The van der Waals surface area contributed by atoms with Gasteiger partial charge in [0.05, 0.1) is 10.6 Å². The lowest BCUT2D eigenvalue weighted by molar-refractivity contribution is -0.116. The van der Waals surface area contributed by atoms with Crippen molar-refractivity contribution in [1.29, 1.82) is 5.26 Å². The van der Waals surface area contributed by atoms with Crippen molar-refractivity contribution in [2.75, 3.05) is 23.8 Å². The summed E-state index contributed by atoms with van der Waals surface area (Å²) in [5.74, 6) is -0.0939. The standard InChI is InChI=1S/C17H16ClN3O/c1-21(15-5-3-2-4-6-15)10-9-17(22)20-14-8-7-13(12-19)16(18)11-14/h2-8,11H,9-10H2,1H3,(H,20,22). The molecule has 0 aromatic heterocycles. The Morgan fingerprint density at radius 3 is 2.64 bits per heavy atom. The molecule has 0 radical (unpaired) electrons. The van der Waals surface area contributed by atoms with E-state index in [1.807, 2.05) is 48.3 Å². The van der Waals surface area contributed by atoms with E-state index in [9.17, 15) is 4.79 Å². The number of para-hydroxylation sites is 1. The van der Waals surface area contributed by atoms with Crippen molar-refractivity contribution in [1.82, 2.24) is 0 Å². The molecule has 2 aromatic carbocycles. The summed E-state index contributed by atoms with van der Waals surface area (Å²) >= 11 is 5.94. The fraction of sp³-hybridized carbons (Fsp3) is 0.176. The minimum atomic E-state index is -0.0939. The van der Waals surface area contributed by atoms with E-state index in [4.69, 9.17) is 16.9 Å². The summed E-state index contributed by atoms with van der Waals surface area (Å²) in [5, 5.41) is 11.9. The molecule has 2 rings (SSSR count). The minimum Gasteiger partial charge on any atom is -0.374 e. The van der Waals surface area contributed by atoms with Gasteiger partial charge in [-0.3, -0.25) is 4.79 Å². The number of nitrogens with one attached hydrogen (secondary N) is 1. The molecule has 0 fully saturated rings. The van der Waals surface area contributed by atoms with E-state index in [2.05, 4.69) is 5.32 Å². The maximum absolute atomic E-state index is 12.0. The van der Waals surface area contributed by atoms with Crippen LogP contribution in [0.2, 0.25) is 5.02 Å². The number of hydrogen-bond donors (Lipinski definition) is 1. The molecule has 2 aromatic rings. The molecule has 0 aliphatic heterocycles. The van der Waals surface area contributed by atoms with E-state index in [0.29, 0.717) is 29.2 Å². The van der Waals surface area contributed by atoms with Crippen molar-refractivity contribution in [3.05, 3.63) is 59.1 Å². The van der Waals surface area contributed by atoms with Gasteiger partial charge in [-0.25, -0.2) is 0 Å². The third kappa shape index (κ3) is 4.24. The van der Waals surface area contributed by atoms with Crippen LogP contribution in [-0.4, -0.2) is 19.5 Å². The van der Waals surface area contributed by atoms with Crippen LogP contribution in [0.1, 0.15) is 12.0 Å². The Balaban J connectivity index is 1.88. The average molecular weight is 314 g/mol. The van der Waals surface area contributed by atoms with Crippen LogP contribution >= 0.6 is 11.6 Å². The number of carbonyl (C=O) groups is 1. The van der Waals surface area contributed by atoms with Crippen molar-refractivity contribution < 1.29 is 4.79 Å². The smallest absolute Gasteiger partial charge is 0.226 e. The molecule has 1 N–H and O–H groups in total. The summed E-state index contributed by atoms with van der Waals surface area (Å²) in [5.41, 5.74) is 2.05. The van der Waals surface area contributed by atoms with Crippen LogP contribution in [0.15, 0.2) is 48.5 Å². The second kappa shape index (κ2) is 7.48. The van der Waals surface area contributed by atoms with Crippen LogP contribution in [0, 0.1) is 11.3 Å². The second-order valence-electron chi connectivity index (χ2n) is 4.86. The lowest BCUT2D eigenvalue weighted by atomic mass is 10.2. The third-order valence-electron chi connectivity index (χ3n) is 3.24. The monoisotopic (exact) mass is 313 g/mol. The summed E-state index contributed by atoms with van der Waals surface area (Å²) in [4.78, 5) is 14.0. The maximum atomic E-state index is 12.0. The average Bonchev–Trinajstić information content (AvgIpc) is 2.53. The van der Waals surface area contributed by atoms with Crippen molar-refractivity contribution >= 4 is 28.9 Å². The predicted molar refractivity (Wildman–Crippen MR) is 89.1 cm³/mol. The van der Waals surface area contributed by atoms with E-state index in [0.717, 1.165) is 5.69 Å². The number of nitrogens with zero attached hydrogens (tertiary/aromatic N) is 2. The molecular formula is C17H16ClN3O. The number of rotatable bonds is 5. The SMILES string of the molecule is CN(CCC(=O)Nc1ccc(C#N)c(Cl)c1)c1ccccc1. The molecule has 0 unspecified atom stereocenters. The number of benzene rings is 2. The zero-order valence-electron chi connectivity index (χ0n) is 12.2. The van der Waals surface area contributed by atoms with Crippen molar-refractivity contribution in [2.24, 2.45) is 0 Å². The Labute approximate surface area is 134 Å². The number of carbonyl (C=O) groups excluding carboxylic acids is 1. The highest BCUT2D eigenvalue weighted by atomic mass is 35.5. The molecule has 0 atom stereocenters. The molecular weight excluding hydrogens is 298 g/mol. The summed E-state index contributed by atoms with van der Waals surface area (Å²) in [7, 11) is 1.95. The highest BCUT2D eigenvalue weighted by Gasteiger charge is 2.07. The molecule has 0 heterocycles. The van der Waals surface area contributed by atoms with Gasteiger partial charge in [-0.2, -0.15) is 5.26 Å². The lowest BCUT2D eigenvalue weighted by Gasteiger charge is -2.18. The van der Waals surface area contributed by atoms with E-state index < -0.39 is 0 Å². The molecule has 5 heteroatoms. The largest absolute Gasteiger partial charge is 0.374 e. The van der Waals surface area contributed by atoms with Gasteiger partial charge in [-0.05, 0) is 30.3 Å². The maximum Gasteiger partial charge on any atom is 0.226 e. The minimum absolute atomic E-state index is 0.0939. The predicted octanol–water partition coefficient (Wildman–Crippen LogP) is 3.68. The summed E-state index contributed by atoms with van der Waals surface area (Å²) < 4.78 is 0. The second-order valence-corrected chi connectivity index (χ2v) is 5.27. The normalized spacial score (nSPS) is 9.86. The van der Waals surface area contributed by atoms with Gasteiger partial charge in [0, 0.05) is 31.4 Å². The van der Waals surface area contributed by atoms with E-state index in [1.165, 1.54) is 0 Å². The molecule has 0 aliphatic rings. The molecule has 0 spiro atoms. The first-order valence-electron chi connectivity index (χ1n) is 6.86. The Morgan fingerprint density at radius 2 is 2.00 bits per heavy atom. The number of nitriles is 1. The molecule has 0 bridgehead atoms. The van der Waals surface area contributed by atoms with Crippen molar-refractivity contribution in [3.8, 4) is 6.07 Å². The Bertz CT molecular complexity index is 695. The Hall–Kier alpha value is -2.51. The number of hydrogen-bond acceptors (Lipinski definition) is 3. The van der Waals surface area contributed by atoms with Gasteiger partial charge in [0.2, 0.25) is 5.91 Å². The van der Waals surface area contributed by atoms with Gasteiger partial charge in [-0.15, -0.1) is 0 Å². The number of amides is 1. The molecule has 22 heavy (non-hydrogen) atoms. The van der Waals surface area contributed by atoms with Crippen LogP contribution in [-0.2, 0) is 4.79 Å². The number of anilines is 2. The van der Waals surface area contributed by atoms with Gasteiger partial charge in [0.25, 0.3) is 0 Å². The zero-order chi connectivity index (χ0) is 15.9. The van der Waals surface area contributed by atoms with E-state index in [-0.39, 0.29) is 5.91 Å². The molecule has 4 nitrogen and oxygen atoms in total. The van der Waals surface area contributed by atoms with Crippen molar-refractivity contribution in [3.63, 3.8) is 0 Å². The first kappa shape index (κ1) is 15.9. The topological polar surface area (TPSA) is 56.1 Å². The third-order valence-corrected chi connectivity index (χ3v) is 3.56. The van der Waals surface area contributed by atoms with Crippen LogP contribution in [0.4, 0.5) is 11.4 Å². The van der Waals surface area contributed by atoms with Gasteiger partial charge < -0.3 is 10.2 Å². The fourth-order valence-electron chi connectivity index (χ4n) is 1.99. The molecule has 0 saturated heterocycles. The summed E-state index contributed by atoms with van der Waals surface area (Å²) in [6.45, 7) is 0.611. The Morgan fingerprint density at radius 1 is 1.27 bits per heavy atom. The summed E-state index contributed by atoms with van der Waals surface area (Å²) in [6, 6.07) is 16.7. The highest BCUT2D eigenvalue weighted by Crippen LogP contribution is 2.20. The first-order valence-corrected chi connectivity index (χ1v) is 7.23. The number of halogens is 1. The molecule has 112 valence electrons. The Kier molecular flexibility index (Phi) is 5.40. The molecule has 0 saturated carbocycles. The van der Waals surface area contributed by atoms with Gasteiger partial charge in [0.15, 0.2) is 0 Å². The highest BCUT2D eigenvalue weighted by molar-refractivity contribution is 6.32. The van der Waals surface area contributed by atoms with Gasteiger partial charge in [-0.1, -0.05) is 29.8 Å². The van der Waals surface area contributed by atoms with E-state index >= 15 is 0 Å². The zero-order valence-corrected chi connectivity index (χ0v) is 13.0. The van der Waals surface area contributed by atoms with Crippen LogP contribution in [0.3, 0.4) is 0 Å². The summed E-state index contributed by atoms with van der Waals surface area (Å²) in [6.07, 6.45) is 0.364. The lowest BCUT2D eigenvalue weighted by Crippen LogP contribution is -2.23.